The van der Waals surface area contributed by atoms with Gasteiger partial charge < -0.3 is 15.3 Å². The van der Waals surface area contributed by atoms with Crippen LogP contribution in [0.25, 0.3) is 0 Å². The van der Waals surface area contributed by atoms with Crippen LogP contribution in [0.15, 0.2) is 24.3 Å². The van der Waals surface area contributed by atoms with Crippen LogP contribution in [0.5, 0.6) is 0 Å². The third kappa shape index (κ3) is 4.07. The molecule has 0 bridgehead atoms. The first-order valence-electron chi connectivity index (χ1n) is 6.76. The van der Waals surface area contributed by atoms with Gasteiger partial charge in [-0.3, -0.25) is 9.69 Å². The summed E-state index contributed by atoms with van der Waals surface area (Å²) >= 11 is 2.18. The van der Waals surface area contributed by atoms with Crippen LogP contribution >= 0.6 is 22.6 Å². The molecule has 1 fully saturated rings. The monoisotopic (exact) mass is 403 g/mol. The van der Waals surface area contributed by atoms with Gasteiger partial charge in [0.1, 0.15) is 6.04 Å². The number of carbonyl (C=O) groups is 2. The molecule has 1 saturated heterocycles. The zero-order valence-electron chi connectivity index (χ0n) is 11.8. The zero-order valence-corrected chi connectivity index (χ0v) is 13.9. The molecular weight excluding hydrogens is 385 g/mol. The fourth-order valence-electron chi connectivity index (χ4n) is 2.23. The number of carboxylic acid groups (broad SMARTS) is 1. The van der Waals surface area contributed by atoms with Crippen molar-refractivity contribution < 1.29 is 14.7 Å². The minimum absolute atomic E-state index is 0.137. The van der Waals surface area contributed by atoms with E-state index in [2.05, 4.69) is 27.9 Å². The van der Waals surface area contributed by atoms with Crippen molar-refractivity contribution in [2.45, 2.75) is 13.0 Å². The van der Waals surface area contributed by atoms with Gasteiger partial charge in [0.05, 0.1) is 5.69 Å². The molecule has 7 heteroatoms. The zero-order chi connectivity index (χ0) is 15.4. The lowest BCUT2D eigenvalue weighted by atomic mass is 10.2. The molecule has 1 aliphatic rings. The molecule has 0 aliphatic carbocycles. The van der Waals surface area contributed by atoms with Gasteiger partial charge in [0.15, 0.2) is 0 Å². The maximum absolute atomic E-state index is 12.2. The fraction of sp³-hybridized carbons (Fsp3) is 0.429. The topological polar surface area (TPSA) is 72.9 Å². The number of anilines is 1. The van der Waals surface area contributed by atoms with E-state index < -0.39 is 12.0 Å². The molecule has 2 N–H and O–H groups in total. The summed E-state index contributed by atoms with van der Waals surface area (Å²) in [6.45, 7) is 3.89. The van der Waals surface area contributed by atoms with Gasteiger partial charge in [-0.1, -0.05) is 12.1 Å². The molecule has 0 radical (unpaired) electrons. The van der Waals surface area contributed by atoms with Crippen molar-refractivity contribution in [3.05, 3.63) is 27.8 Å². The average Bonchev–Trinajstić information content (AvgIpc) is 2.49. The maximum Gasteiger partial charge on any atom is 0.321 e. The molecule has 0 saturated carbocycles. The molecule has 21 heavy (non-hydrogen) atoms. The highest BCUT2D eigenvalue weighted by atomic mass is 127. The normalized spacial score (nSPS) is 17.3. The molecule has 1 heterocycles. The van der Waals surface area contributed by atoms with Crippen LogP contribution < -0.4 is 5.32 Å². The standard InChI is InChI=1S/C14H18IN3O3/c1-10(13(19)20)17-6-8-18(9-7-17)14(21)16-12-5-3-2-4-11(12)15/h2-5,10H,6-9H2,1H3,(H,16,21)(H,19,20). The minimum atomic E-state index is -0.827. The number of para-hydroxylation sites is 1. The number of halogens is 1. The van der Waals surface area contributed by atoms with E-state index >= 15 is 0 Å². The van der Waals surface area contributed by atoms with Crippen molar-refractivity contribution >= 4 is 40.3 Å². The Morgan fingerprint density at radius 3 is 2.43 bits per heavy atom. The Kier molecular flexibility index (Phi) is 5.40. The summed E-state index contributed by atoms with van der Waals surface area (Å²) in [6, 6.07) is 6.95. The Hall–Kier alpha value is -1.35. The highest BCUT2D eigenvalue weighted by Crippen LogP contribution is 2.18. The molecule has 6 nitrogen and oxygen atoms in total. The van der Waals surface area contributed by atoms with Gasteiger partial charge in [0.2, 0.25) is 0 Å². The lowest BCUT2D eigenvalue weighted by Gasteiger charge is -2.36. The summed E-state index contributed by atoms with van der Waals surface area (Å²) in [5, 5.41) is 11.9. The molecule has 114 valence electrons. The Labute approximate surface area is 137 Å². The highest BCUT2D eigenvalue weighted by Gasteiger charge is 2.27. The number of benzene rings is 1. The Morgan fingerprint density at radius 2 is 1.86 bits per heavy atom. The quantitative estimate of drug-likeness (QED) is 0.757. The van der Waals surface area contributed by atoms with Crippen LogP contribution in [-0.4, -0.2) is 59.1 Å². The summed E-state index contributed by atoms with van der Waals surface area (Å²) in [5.41, 5.74) is 0.796. The van der Waals surface area contributed by atoms with Gasteiger partial charge in [-0.2, -0.15) is 0 Å². The van der Waals surface area contributed by atoms with Crippen LogP contribution in [-0.2, 0) is 4.79 Å². The number of rotatable bonds is 3. The second-order valence-electron chi connectivity index (χ2n) is 4.95. The van der Waals surface area contributed by atoms with E-state index in [1.807, 2.05) is 29.2 Å². The largest absolute Gasteiger partial charge is 0.480 e. The number of aliphatic carboxylic acids is 1. The second kappa shape index (κ2) is 7.08. The van der Waals surface area contributed by atoms with Crippen LogP contribution in [0, 0.1) is 3.57 Å². The van der Waals surface area contributed by atoms with E-state index in [0.717, 1.165) is 9.26 Å². The summed E-state index contributed by atoms with van der Waals surface area (Å²) in [4.78, 5) is 26.8. The van der Waals surface area contributed by atoms with E-state index in [0.29, 0.717) is 26.2 Å². The number of carbonyl (C=O) groups excluding carboxylic acids is 1. The average molecular weight is 403 g/mol. The van der Waals surface area contributed by atoms with Crippen molar-refractivity contribution in [3.63, 3.8) is 0 Å². The molecule has 2 rings (SSSR count). The lowest BCUT2D eigenvalue weighted by molar-refractivity contribution is -0.143. The van der Waals surface area contributed by atoms with Crippen LogP contribution in [0.3, 0.4) is 0 Å². The molecule has 1 aromatic rings. The van der Waals surface area contributed by atoms with E-state index in [-0.39, 0.29) is 6.03 Å². The number of nitrogens with zero attached hydrogens (tertiary/aromatic N) is 2. The van der Waals surface area contributed by atoms with E-state index in [9.17, 15) is 9.59 Å². The molecule has 1 aromatic carbocycles. The first-order chi connectivity index (χ1) is 9.99. The number of piperazine rings is 1. The van der Waals surface area contributed by atoms with Gasteiger partial charge in [-0.15, -0.1) is 0 Å². The molecule has 1 aliphatic heterocycles. The smallest absolute Gasteiger partial charge is 0.321 e. The Morgan fingerprint density at radius 1 is 1.24 bits per heavy atom. The van der Waals surface area contributed by atoms with Crippen molar-refractivity contribution in [2.75, 3.05) is 31.5 Å². The van der Waals surface area contributed by atoms with E-state index in [1.54, 1.807) is 11.8 Å². The van der Waals surface area contributed by atoms with Crippen LogP contribution in [0.4, 0.5) is 10.5 Å². The third-order valence-electron chi connectivity index (χ3n) is 3.62. The van der Waals surface area contributed by atoms with Crippen molar-refractivity contribution in [1.29, 1.82) is 0 Å². The summed E-state index contributed by atoms with van der Waals surface area (Å²) < 4.78 is 0.988. The molecule has 1 atom stereocenters. The first-order valence-corrected chi connectivity index (χ1v) is 7.84. The van der Waals surface area contributed by atoms with Crippen LogP contribution in [0.2, 0.25) is 0 Å². The summed E-state index contributed by atoms with van der Waals surface area (Å²) in [6.07, 6.45) is 0. The highest BCUT2D eigenvalue weighted by molar-refractivity contribution is 14.1. The number of hydrogen-bond donors (Lipinski definition) is 2. The Bertz CT molecular complexity index is 530. The molecule has 0 aromatic heterocycles. The van der Waals surface area contributed by atoms with Gasteiger partial charge in [0, 0.05) is 29.7 Å². The van der Waals surface area contributed by atoms with E-state index in [1.165, 1.54) is 0 Å². The lowest BCUT2D eigenvalue weighted by Crippen LogP contribution is -2.53. The van der Waals surface area contributed by atoms with Crippen LogP contribution in [0.1, 0.15) is 6.92 Å². The number of carboxylic acids is 1. The Balaban J connectivity index is 1.89. The summed E-state index contributed by atoms with van der Waals surface area (Å²) in [5.74, 6) is -0.827. The van der Waals surface area contributed by atoms with Gasteiger partial charge >= 0.3 is 12.0 Å². The van der Waals surface area contributed by atoms with E-state index in [4.69, 9.17) is 5.11 Å². The minimum Gasteiger partial charge on any atom is -0.480 e. The predicted molar refractivity (Wildman–Crippen MR) is 88.4 cm³/mol. The summed E-state index contributed by atoms with van der Waals surface area (Å²) in [7, 11) is 0. The number of nitrogens with one attached hydrogen (secondary N) is 1. The predicted octanol–water partition coefficient (Wildman–Crippen LogP) is 1.91. The number of hydrogen-bond acceptors (Lipinski definition) is 3. The van der Waals surface area contributed by atoms with Gasteiger partial charge in [0.25, 0.3) is 0 Å². The van der Waals surface area contributed by atoms with Crippen molar-refractivity contribution in [3.8, 4) is 0 Å². The molecule has 1 unspecified atom stereocenters. The third-order valence-corrected chi connectivity index (χ3v) is 4.56. The molecule has 0 spiro atoms. The fourth-order valence-corrected chi connectivity index (χ4v) is 2.75. The molecular formula is C14H18IN3O3. The van der Waals surface area contributed by atoms with Crippen molar-refractivity contribution in [2.24, 2.45) is 0 Å². The number of urea groups is 1. The molecule has 2 amide bonds. The maximum atomic E-state index is 12.2. The van der Waals surface area contributed by atoms with Gasteiger partial charge in [-0.05, 0) is 41.6 Å². The number of amides is 2. The first kappa shape index (κ1) is 16.0. The SMILES string of the molecule is CC(C(=O)O)N1CCN(C(=O)Nc2ccccc2I)CC1. The van der Waals surface area contributed by atoms with Gasteiger partial charge in [-0.25, -0.2) is 4.79 Å². The van der Waals surface area contributed by atoms with Crippen molar-refractivity contribution in [1.82, 2.24) is 9.80 Å². The second-order valence-corrected chi connectivity index (χ2v) is 6.11.